The largest absolute Gasteiger partial charge is 0.460 e. The Hall–Kier alpha value is -1.65. The van der Waals surface area contributed by atoms with Gasteiger partial charge in [0.25, 0.3) is 0 Å². The molecule has 3 nitrogen and oxygen atoms in total. The minimum Gasteiger partial charge on any atom is -0.460 e. The summed E-state index contributed by atoms with van der Waals surface area (Å²) in [6, 6.07) is 9.88. The number of hydrogen-bond donors (Lipinski definition) is 1. The van der Waals surface area contributed by atoms with Gasteiger partial charge in [0, 0.05) is 5.56 Å². The van der Waals surface area contributed by atoms with Crippen LogP contribution in [-0.4, -0.2) is 7.11 Å². The number of furan rings is 1. The quantitative estimate of drug-likeness (QED) is 0.806. The molecule has 0 spiro atoms. The molecule has 0 aliphatic heterocycles. The normalized spacial score (nSPS) is 10.6. The average Bonchev–Trinajstić information content (AvgIpc) is 2.76. The summed E-state index contributed by atoms with van der Waals surface area (Å²) in [7, 11) is 1.55. The topological polar surface area (TPSA) is 34.4 Å². The fourth-order valence-corrected chi connectivity index (χ4v) is 1.39. The van der Waals surface area contributed by atoms with Gasteiger partial charge in [-0.25, -0.2) is 4.39 Å². The molecule has 0 bridgehead atoms. The van der Waals surface area contributed by atoms with Crippen LogP contribution >= 0.6 is 0 Å². The van der Waals surface area contributed by atoms with Crippen LogP contribution in [0.2, 0.25) is 0 Å². The lowest BCUT2D eigenvalue weighted by molar-refractivity contribution is 0.0820. The van der Waals surface area contributed by atoms with Crippen molar-refractivity contribution in [3.05, 3.63) is 48.0 Å². The molecule has 4 heteroatoms. The summed E-state index contributed by atoms with van der Waals surface area (Å²) < 4.78 is 18.3. The first-order valence-electron chi connectivity index (χ1n) is 4.90. The predicted molar refractivity (Wildman–Crippen MR) is 58.0 cm³/mol. The highest BCUT2D eigenvalue weighted by molar-refractivity contribution is 5.57. The van der Waals surface area contributed by atoms with Crippen LogP contribution in [0.25, 0.3) is 11.3 Å². The van der Waals surface area contributed by atoms with Gasteiger partial charge in [0.05, 0.1) is 13.7 Å². The van der Waals surface area contributed by atoms with Gasteiger partial charge in [-0.3, -0.25) is 0 Å². The SMILES string of the molecule is CONCc1ccc(-c2ccc(F)cc2)o1. The van der Waals surface area contributed by atoms with Crippen LogP contribution < -0.4 is 5.48 Å². The number of hydroxylamine groups is 1. The zero-order valence-electron chi connectivity index (χ0n) is 8.87. The Morgan fingerprint density at radius 2 is 1.94 bits per heavy atom. The fourth-order valence-electron chi connectivity index (χ4n) is 1.39. The van der Waals surface area contributed by atoms with Crippen LogP contribution in [-0.2, 0) is 11.4 Å². The molecule has 0 unspecified atom stereocenters. The van der Waals surface area contributed by atoms with E-state index in [1.807, 2.05) is 12.1 Å². The first-order chi connectivity index (χ1) is 7.79. The molecule has 0 aliphatic carbocycles. The van der Waals surface area contributed by atoms with Gasteiger partial charge in [-0.15, -0.1) is 0 Å². The molecule has 2 aromatic rings. The van der Waals surface area contributed by atoms with Crippen LogP contribution in [0.1, 0.15) is 5.76 Å². The second-order valence-electron chi connectivity index (χ2n) is 3.30. The zero-order chi connectivity index (χ0) is 11.4. The minimum absolute atomic E-state index is 0.253. The lowest BCUT2D eigenvalue weighted by Gasteiger charge is -1.98. The van der Waals surface area contributed by atoms with Crippen molar-refractivity contribution < 1.29 is 13.6 Å². The summed E-state index contributed by atoms with van der Waals surface area (Å²) in [6.07, 6.45) is 0. The Balaban J connectivity index is 2.15. The molecule has 1 aromatic heterocycles. The monoisotopic (exact) mass is 221 g/mol. The van der Waals surface area contributed by atoms with E-state index < -0.39 is 0 Å². The molecule has 16 heavy (non-hydrogen) atoms. The van der Waals surface area contributed by atoms with E-state index >= 15 is 0 Å². The Kier molecular flexibility index (Phi) is 3.34. The Bertz CT molecular complexity index is 450. The Labute approximate surface area is 92.8 Å². The van der Waals surface area contributed by atoms with E-state index in [2.05, 4.69) is 5.48 Å². The molecule has 1 N–H and O–H groups in total. The lowest BCUT2D eigenvalue weighted by Crippen LogP contribution is -2.09. The van der Waals surface area contributed by atoms with Gasteiger partial charge in [-0.1, -0.05) is 0 Å². The van der Waals surface area contributed by atoms with Gasteiger partial charge >= 0.3 is 0 Å². The minimum atomic E-state index is -0.253. The maximum Gasteiger partial charge on any atom is 0.134 e. The maximum absolute atomic E-state index is 12.7. The number of nitrogens with one attached hydrogen (secondary N) is 1. The van der Waals surface area contributed by atoms with Gasteiger partial charge in [0.1, 0.15) is 17.3 Å². The smallest absolute Gasteiger partial charge is 0.134 e. The molecule has 0 radical (unpaired) electrons. The molecule has 0 fully saturated rings. The van der Waals surface area contributed by atoms with Crippen molar-refractivity contribution in [2.45, 2.75) is 6.54 Å². The summed E-state index contributed by atoms with van der Waals surface area (Å²) in [5.41, 5.74) is 3.54. The van der Waals surface area contributed by atoms with Gasteiger partial charge < -0.3 is 9.25 Å². The average molecular weight is 221 g/mol. The molecule has 0 amide bonds. The van der Waals surface area contributed by atoms with Crippen molar-refractivity contribution in [3.63, 3.8) is 0 Å². The molecule has 1 aromatic carbocycles. The first kappa shape index (κ1) is 10.9. The van der Waals surface area contributed by atoms with E-state index in [-0.39, 0.29) is 5.82 Å². The van der Waals surface area contributed by atoms with Crippen LogP contribution in [0.4, 0.5) is 4.39 Å². The molecular formula is C12H12FNO2. The van der Waals surface area contributed by atoms with Gasteiger partial charge in [0.2, 0.25) is 0 Å². The van der Waals surface area contributed by atoms with Gasteiger partial charge in [0.15, 0.2) is 0 Å². The molecule has 0 aliphatic rings. The third-order valence-electron chi connectivity index (χ3n) is 2.18. The molecule has 0 atom stereocenters. The summed E-state index contributed by atoms with van der Waals surface area (Å²) in [5.74, 6) is 1.23. The molecule has 1 heterocycles. The summed E-state index contributed by atoms with van der Waals surface area (Å²) in [6.45, 7) is 0.498. The Morgan fingerprint density at radius 3 is 2.62 bits per heavy atom. The summed E-state index contributed by atoms with van der Waals surface area (Å²) in [5, 5.41) is 0. The van der Waals surface area contributed by atoms with Crippen LogP contribution in [0.3, 0.4) is 0 Å². The Morgan fingerprint density at radius 1 is 1.19 bits per heavy atom. The van der Waals surface area contributed by atoms with E-state index in [1.54, 1.807) is 19.2 Å². The van der Waals surface area contributed by atoms with Crippen molar-refractivity contribution in [1.82, 2.24) is 5.48 Å². The number of rotatable bonds is 4. The molecular weight excluding hydrogens is 209 g/mol. The van der Waals surface area contributed by atoms with E-state index in [1.165, 1.54) is 12.1 Å². The lowest BCUT2D eigenvalue weighted by atomic mass is 10.2. The van der Waals surface area contributed by atoms with Gasteiger partial charge in [-0.2, -0.15) is 5.48 Å². The van der Waals surface area contributed by atoms with Crippen molar-refractivity contribution in [2.24, 2.45) is 0 Å². The third-order valence-corrected chi connectivity index (χ3v) is 2.18. The second-order valence-corrected chi connectivity index (χ2v) is 3.30. The van der Waals surface area contributed by atoms with Crippen molar-refractivity contribution in [1.29, 1.82) is 0 Å². The summed E-state index contributed by atoms with van der Waals surface area (Å²) in [4.78, 5) is 4.72. The van der Waals surface area contributed by atoms with Gasteiger partial charge in [-0.05, 0) is 36.4 Å². The van der Waals surface area contributed by atoms with Crippen molar-refractivity contribution in [2.75, 3.05) is 7.11 Å². The third kappa shape index (κ3) is 2.48. The summed E-state index contributed by atoms with van der Waals surface area (Å²) >= 11 is 0. The number of halogens is 1. The molecule has 84 valence electrons. The second kappa shape index (κ2) is 4.92. The van der Waals surface area contributed by atoms with Crippen LogP contribution in [0.5, 0.6) is 0 Å². The van der Waals surface area contributed by atoms with Crippen molar-refractivity contribution in [3.8, 4) is 11.3 Å². The van der Waals surface area contributed by atoms with Crippen LogP contribution in [0, 0.1) is 5.82 Å². The van der Waals surface area contributed by atoms with Crippen LogP contribution in [0.15, 0.2) is 40.8 Å². The zero-order valence-corrected chi connectivity index (χ0v) is 8.87. The standard InChI is InChI=1S/C12H12FNO2/c1-15-14-8-11-6-7-12(16-11)9-2-4-10(13)5-3-9/h2-7,14H,8H2,1H3. The molecule has 2 rings (SSSR count). The van der Waals surface area contributed by atoms with Crippen molar-refractivity contribution >= 4 is 0 Å². The van der Waals surface area contributed by atoms with E-state index in [0.29, 0.717) is 12.3 Å². The van der Waals surface area contributed by atoms with E-state index in [9.17, 15) is 4.39 Å². The highest BCUT2D eigenvalue weighted by Gasteiger charge is 2.04. The highest BCUT2D eigenvalue weighted by Crippen LogP contribution is 2.22. The fraction of sp³-hybridized carbons (Fsp3) is 0.167. The molecule has 0 saturated heterocycles. The van der Waals surface area contributed by atoms with E-state index in [4.69, 9.17) is 9.25 Å². The predicted octanol–water partition coefficient (Wildman–Crippen LogP) is 2.74. The molecule has 0 saturated carbocycles. The maximum atomic E-state index is 12.7. The number of benzene rings is 1. The highest BCUT2D eigenvalue weighted by atomic mass is 19.1. The first-order valence-corrected chi connectivity index (χ1v) is 4.90. The van der Waals surface area contributed by atoms with E-state index in [0.717, 1.165) is 11.3 Å². The number of hydrogen-bond acceptors (Lipinski definition) is 3.